The lowest BCUT2D eigenvalue weighted by Gasteiger charge is -2.08. The van der Waals surface area contributed by atoms with E-state index in [1.165, 1.54) is 12.4 Å². The molecule has 0 saturated heterocycles. The molecule has 1 aromatic carbocycles. The third kappa shape index (κ3) is 2.12. The van der Waals surface area contributed by atoms with Crippen molar-refractivity contribution in [3.8, 4) is 0 Å². The highest BCUT2D eigenvalue weighted by Gasteiger charge is 2.14. The van der Waals surface area contributed by atoms with E-state index in [1.807, 2.05) is 0 Å². The van der Waals surface area contributed by atoms with Gasteiger partial charge in [0.2, 0.25) is 0 Å². The van der Waals surface area contributed by atoms with Crippen LogP contribution >= 0.6 is 0 Å². The van der Waals surface area contributed by atoms with Gasteiger partial charge in [-0.2, -0.15) is 0 Å². The molecule has 88 valence electrons. The zero-order valence-corrected chi connectivity index (χ0v) is 8.42. The molecule has 2 aromatic rings. The summed E-state index contributed by atoms with van der Waals surface area (Å²) in [6.45, 7) is 0. The van der Waals surface area contributed by atoms with E-state index in [2.05, 4.69) is 15.3 Å². The molecular formula is C10H7F3N4. The minimum absolute atomic E-state index is 0.0247. The fourth-order valence-electron chi connectivity index (χ4n) is 1.20. The number of halogens is 3. The molecule has 0 saturated carbocycles. The monoisotopic (exact) mass is 240 g/mol. The largest absolute Gasteiger partial charge is 0.381 e. The molecule has 0 unspecified atom stereocenters. The highest BCUT2D eigenvalue weighted by atomic mass is 19.2. The van der Waals surface area contributed by atoms with E-state index < -0.39 is 17.5 Å². The van der Waals surface area contributed by atoms with Crippen molar-refractivity contribution >= 4 is 17.3 Å². The number of hydrogen-bond acceptors (Lipinski definition) is 4. The fourth-order valence-corrected chi connectivity index (χ4v) is 1.20. The third-order valence-corrected chi connectivity index (χ3v) is 2.01. The van der Waals surface area contributed by atoms with Gasteiger partial charge in [0.05, 0.1) is 5.69 Å². The molecule has 1 aromatic heterocycles. The summed E-state index contributed by atoms with van der Waals surface area (Å²) in [6, 6.07) is 1.84. The lowest BCUT2D eigenvalue weighted by atomic mass is 10.3. The summed E-state index contributed by atoms with van der Waals surface area (Å²) in [6.07, 6.45) is 2.68. The molecule has 0 bridgehead atoms. The lowest BCUT2D eigenvalue weighted by Crippen LogP contribution is -2.04. The standard InChI is InChI=1S/C10H7F3N4/c11-5-1-2-6(8(13)7(5)12)17-10-9(14)15-3-4-16-10/h1-4H,(H2,14,15)(H,16,17). The van der Waals surface area contributed by atoms with Gasteiger partial charge in [0, 0.05) is 12.4 Å². The van der Waals surface area contributed by atoms with Crippen LogP contribution in [0.5, 0.6) is 0 Å². The van der Waals surface area contributed by atoms with E-state index in [1.54, 1.807) is 0 Å². The Kier molecular flexibility index (Phi) is 2.82. The van der Waals surface area contributed by atoms with Crippen molar-refractivity contribution in [1.82, 2.24) is 9.97 Å². The maximum atomic E-state index is 13.3. The number of hydrogen-bond donors (Lipinski definition) is 2. The average molecular weight is 240 g/mol. The van der Waals surface area contributed by atoms with Crippen molar-refractivity contribution in [1.29, 1.82) is 0 Å². The van der Waals surface area contributed by atoms with Gasteiger partial charge < -0.3 is 11.1 Å². The topological polar surface area (TPSA) is 63.8 Å². The number of nitrogens with one attached hydrogen (secondary N) is 1. The van der Waals surface area contributed by atoms with Crippen LogP contribution in [0.1, 0.15) is 0 Å². The first-order valence-corrected chi connectivity index (χ1v) is 4.56. The normalized spacial score (nSPS) is 10.3. The van der Waals surface area contributed by atoms with Crippen LogP contribution < -0.4 is 11.1 Å². The smallest absolute Gasteiger partial charge is 0.196 e. The third-order valence-electron chi connectivity index (χ3n) is 2.01. The second-order valence-corrected chi connectivity index (χ2v) is 3.14. The van der Waals surface area contributed by atoms with Crippen molar-refractivity contribution in [3.05, 3.63) is 42.0 Å². The Morgan fingerprint density at radius 1 is 1.00 bits per heavy atom. The van der Waals surface area contributed by atoms with Gasteiger partial charge in [0.1, 0.15) is 0 Å². The van der Waals surface area contributed by atoms with E-state index in [0.717, 1.165) is 12.1 Å². The summed E-state index contributed by atoms with van der Waals surface area (Å²) in [5.74, 6) is -4.07. The minimum atomic E-state index is -1.56. The number of aromatic nitrogens is 2. The summed E-state index contributed by atoms with van der Waals surface area (Å²) >= 11 is 0. The van der Waals surface area contributed by atoms with Crippen LogP contribution in [0.2, 0.25) is 0 Å². The van der Waals surface area contributed by atoms with Crippen LogP contribution in [-0.2, 0) is 0 Å². The predicted octanol–water partition coefficient (Wildman–Crippen LogP) is 2.22. The average Bonchev–Trinajstić information content (AvgIpc) is 2.32. The van der Waals surface area contributed by atoms with E-state index in [4.69, 9.17) is 5.73 Å². The van der Waals surface area contributed by atoms with E-state index in [0.29, 0.717) is 0 Å². The summed E-state index contributed by atoms with van der Waals surface area (Å²) in [5.41, 5.74) is 5.19. The molecule has 0 fully saturated rings. The van der Waals surface area contributed by atoms with Gasteiger partial charge in [-0.25, -0.2) is 23.1 Å². The second-order valence-electron chi connectivity index (χ2n) is 3.14. The van der Waals surface area contributed by atoms with Crippen molar-refractivity contribution in [2.75, 3.05) is 11.1 Å². The summed E-state index contributed by atoms with van der Waals surface area (Å²) in [4.78, 5) is 7.49. The Bertz CT molecular complexity index is 559. The molecule has 0 atom stereocenters. The molecule has 0 radical (unpaired) electrons. The quantitative estimate of drug-likeness (QED) is 0.790. The van der Waals surface area contributed by atoms with Crippen LogP contribution in [0.3, 0.4) is 0 Å². The zero-order chi connectivity index (χ0) is 12.4. The molecule has 0 aliphatic heterocycles. The van der Waals surface area contributed by atoms with Gasteiger partial charge in [-0.1, -0.05) is 0 Å². The molecular weight excluding hydrogens is 233 g/mol. The van der Waals surface area contributed by atoms with Crippen LogP contribution in [0.25, 0.3) is 0 Å². The highest BCUT2D eigenvalue weighted by molar-refractivity contribution is 5.65. The van der Waals surface area contributed by atoms with E-state index >= 15 is 0 Å². The van der Waals surface area contributed by atoms with E-state index in [-0.39, 0.29) is 17.3 Å². The maximum absolute atomic E-state index is 13.3. The Labute approximate surface area is 94.3 Å². The first-order valence-electron chi connectivity index (χ1n) is 4.56. The molecule has 4 nitrogen and oxygen atoms in total. The lowest BCUT2D eigenvalue weighted by molar-refractivity contribution is 0.449. The molecule has 0 spiro atoms. The zero-order valence-electron chi connectivity index (χ0n) is 8.42. The summed E-state index contributed by atoms with van der Waals surface area (Å²) < 4.78 is 38.9. The van der Waals surface area contributed by atoms with Crippen molar-refractivity contribution in [3.63, 3.8) is 0 Å². The first kappa shape index (κ1) is 11.2. The predicted molar refractivity (Wildman–Crippen MR) is 56.0 cm³/mol. The molecule has 0 aliphatic rings. The Balaban J connectivity index is 2.38. The maximum Gasteiger partial charge on any atom is 0.196 e. The summed E-state index contributed by atoms with van der Waals surface area (Å²) in [7, 11) is 0. The number of benzene rings is 1. The molecule has 17 heavy (non-hydrogen) atoms. The van der Waals surface area contributed by atoms with Gasteiger partial charge in [-0.3, -0.25) is 0 Å². The Hall–Kier alpha value is -2.31. The number of rotatable bonds is 2. The van der Waals surface area contributed by atoms with Gasteiger partial charge in [-0.05, 0) is 12.1 Å². The van der Waals surface area contributed by atoms with Gasteiger partial charge >= 0.3 is 0 Å². The van der Waals surface area contributed by atoms with Gasteiger partial charge in [-0.15, -0.1) is 0 Å². The molecule has 1 heterocycles. The van der Waals surface area contributed by atoms with Gasteiger partial charge in [0.25, 0.3) is 0 Å². The molecule has 2 rings (SSSR count). The molecule has 7 heteroatoms. The van der Waals surface area contributed by atoms with Crippen LogP contribution in [0, 0.1) is 17.5 Å². The van der Waals surface area contributed by atoms with Crippen molar-refractivity contribution in [2.24, 2.45) is 0 Å². The van der Waals surface area contributed by atoms with Gasteiger partial charge in [0.15, 0.2) is 29.1 Å². The molecule has 3 N–H and O–H groups in total. The van der Waals surface area contributed by atoms with Crippen molar-refractivity contribution in [2.45, 2.75) is 0 Å². The van der Waals surface area contributed by atoms with Crippen LogP contribution in [0.4, 0.5) is 30.5 Å². The minimum Gasteiger partial charge on any atom is -0.381 e. The second kappa shape index (κ2) is 4.28. The number of anilines is 3. The molecule has 0 aliphatic carbocycles. The Morgan fingerprint density at radius 3 is 2.41 bits per heavy atom. The van der Waals surface area contributed by atoms with Crippen LogP contribution in [0.15, 0.2) is 24.5 Å². The van der Waals surface area contributed by atoms with Crippen molar-refractivity contribution < 1.29 is 13.2 Å². The first-order chi connectivity index (χ1) is 8.09. The van der Waals surface area contributed by atoms with E-state index in [9.17, 15) is 13.2 Å². The fraction of sp³-hybridized carbons (Fsp3) is 0. The number of nitrogens with zero attached hydrogens (tertiary/aromatic N) is 2. The number of nitrogens with two attached hydrogens (primary N) is 1. The highest BCUT2D eigenvalue weighted by Crippen LogP contribution is 2.24. The number of nitrogen functional groups attached to an aromatic ring is 1. The SMILES string of the molecule is Nc1nccnc1Nc1ccc(F)c(F)c1F. The Morgan fingerprint density at radius 2 is 1.71 bits per heavy atom. The van der Waals surface area contributed by atoms with Crippen LogP contribution in [-0.4, -0.2) is 9.97 Å². The summed E-state index contributed by atoms with van der Waals surface area (Å²) in [5, 5.41) is 2.43. The molecule has 0 amide bonds.